The Morgan fingerprint density at radius 1 is 1.36 bits per heavy atom. The Kier molecular flexibility index (Phi) is 3.77. The van der Waals surface area contributed by atoms with Crippen molar-refractivity contribution in [2.75, 3.05) is 0 Å². The molecular weight excluding hydrogens is 237 g/mol. The van der Waals surface area contributed by atoms with Crippen molar-refractivity contribution in [3.05, 3.63) is 10.4 Å². The molecule has 0 aromatic heterocycles. The smallest absolute Gasteiger partial charge is 0.384 e. The van der Waals surface area contributed by atoms with E-state index in [1.165, 1.54) is 0 Å². The Morgan fingerprint density at radius 2 is 1.86 bits per heavy atom. The molecule has 0 amide bonds. The van der Waals surface area contributed by atoms with Gasteiger partial charge in [-0.05, 0) is 30.0 Å². The van der Waals surface area contributed by atoms with E-state index < -0.39 is 11.1 Å². The highest BCUT2D eigenvalue weighted by Gasteiger charge is 2.36. The van der Waals surface area contributed by atoms with Crippen molar-refractivity contribution in [3.63, 3.8) is 0 Å². The van der Waals surface area contributed by atoms with Crippen molar-refractivity contribution in [1.82, 2.24) is 0 Å². The zero-order chi connectivity index (χ0) is 10.8. The minimum absolute atomic E-state index is 0.0997. The largest absolute Gasteiger partial charge is 0.445 e. The quantitative estimate of drug-likeness (QED) is 0.803. The Hall–Kier alpha value is 0.130. The fourth-order valence-corrected chi connectivity index (χ4v) is 2.21. The van der Waals surface area contributed by atoms with Gasteiger partial charge in [0.1, 0.15) is 5.60 Å². The van der Waals surface area contributed by atoms with Crippen molar-refractivity contribution < 1.29 is 18.3 Å². The van der Waals surface area contributed by atoms with E-state index in [0.717, 1.165) is 18.2 Å². The number of alkyl halides is 3. The van der Waals surface area contributed by atoms with Crippen LogP contribution in [0.5, 0.6) is 0 Å². The van der Waals surface area contributed by atoms with Crippen LogP contribution in [0.3, 0.4) is 0 Å². The molecule has 1 rings (SSSR count). The number of hydrogen-bond acceptors (Lipinski definition) is 2. The van der Waals surface area contributed by atoms with Crippen LogP contribution in [0.15, 0.2) is 10.4 Å². The number of aliphatic hydroxyl groups is 1. The Bertz CT molecular complexity index is 233. The maximum Gasteiger partial charge on any atom is 0.445 e. The molecule has 1 N–H and O–H groups in total. The van der Waals surface area contributed by atoms with Crippen molar-refractivity contribution in [2.24, 2.45) is 0 Å². The zero-order valence-electron chi connectivity index (χ0n) is 7.27. The van der Waals surface area contributed by atoms with E-state index in [1.54, 1.807) is 0 Å². The summed E-state index contributed by atoms with van der Waals surface area (Å²) in [4.78, 5) is 0. The van der Waals surface area contributed by atoms with Gasteiger partial charge in [0.05, 0.1) is 5.03 Å². The first-order chi connectivity index (χ1) is 6.33. The van der Waals surface area contributed by atoms with Crippen molar-refractivity contribution in [2.45, 2.75) is 36.8 Å². The summed E-state index contributed by atoms with van der Waals surface area (Å²) in [6, 6.07) is 0. The van der Waals surface area contributed by atoms with E-state index in [4.69, 9.17) is 11.6 Å². The van der Waals surface area contributed by atoms with Crippen LogP contribution in [0.2, 0.25) is 0 Å². The predicted molar refractivity (Wildman–Crippen MR) is 51.0 cm³/mol. The Balaban J connectivity index is 2.59. The third kappa shape index (κ3) is 3.37. The molecule has 6 heteroatoms. The molecule has 1 saturated carbocycles. The van der Waals surface area contributed by atoms with Gasteiger partial charge in [-0.2, -0.15) is 13.2 Å². The Morgan fingerprint density at radius 3 is 2.29 bits per heavy atom. The number of thioether (sulfide) groups is 1. The highest BCUT2D eigenvalue weighted by Crippen LogP contribution is 2.41. The Labute approximate surface area is 89.3 Å². The third-order valence-electron chi connectivity index (χ3n) is 2.17. The molecule has 0 bridgehead atoms. The van der Waals surface area contributed by atoms with Crippen LogP contribution in [0.4, 0.5) is 13.2 Å². The molecule has 0 unspecified atom stereocenters. The summed E-state index contributed by atoms with van der Waals surface area (Å²) in [6.07, 6.45) is 2.50. The lowest BCUT2D eigenvalue weighted by atomic mass is 10.0. The third-order valence-corrected chi connectivity index (χ3v) is 3.38. The van der Waals surface area contributed by atoms with Crippen LogP contribution in [-0.2, 0) is 0 Å². The van der Waals surface area contributed by atoms with Gasteiger partial charge in [-0.15, -0.1) is 0 Å². The number of rotatable bonds is 2. The second kappa shape index (κ2) is 4.33. The van der Waals surface area contributed by atoms with Gasteiger partial charge < -0.3 is 5.11 Å². The van der Waals surface area contributed by atoms with E-state index in [1.807, 2.05) is 0 Å². The summed E-state index contributed by atoms with van der Waals surface area (Å²) in [5.41, 5.74) is -5.56. The number of halogens is 4. The highest BCUT2D eigenvalue weighted by molar-refractivity contribution is 8.03. The molecule has 0 saturated heterocycles. The summed E-state index contributed by atoms with van der Waals surface area (Å²) in [5, 5.41) is 10.5. The molecule has 0 radical (unpaired) electrons. The molecule has 0 aliphatic heterocycles. The van der Waals surface area contributed by atoms with Crippen LogP contribution in [0.1, 0.15) is 25.7 Å². The van der Waals surface area contributed by atoms with E-state index in [2.05, 4.69) is 0 Å². The van der Waals surface area contributed by atoms with E-state index in [-0.39, 0.29) is 16.8 Å². The van der Waals surface area contributed by atoms with Crippen molar-refractivity contribution in [1.29, 1.82) is 0 Å². The van der Waals surface area contributed by atoms with Crippen molar-refractivity contribution in [3.8, 4) is 0 Å². The molecule has 82 valence electrons. The molecule has 1 aliphatic rings. The van der Waals surface area contributed by atoms with Crippen LogP contribution < -0.4 is 0 Å². The summed E-state index contributed by atoms with van der Waals surface area (Å²) in [7, 11) is 0. The summed E-state index contributed by atoms with van der Waals surface area (Å²) < 4.78 is 35.4. The van der Waals surface area contributed by atoms with Gasteiger partial charge in [0, 0.05) is 0 Å². The first-order valence-electron chi connectivity index (χ1n) is 4.17. The van der Waals surface area contributed by atoms with Crippen LogP contribution in [-0.4, -0.2) is 16.2 Å². The normalized spacial score (nSPS) is 22.8. The maximum absolute atomic E-state index is 11.8. The summed E-state index contributed by atoms with van der Waals surface area (Å²) >= 11 is 5.30. The van der Waals surface area contributed by atoms with Gasteiger partial charge in [-0.1, -0.05) is 24.4 Å². The standard InChI is InChI=1S/C8H10ClF3OS/c9-6(5-14-8(10,11)12)7(13)3-1-2-4-7/h5,13H,1-4H2/b6-5+. The molecule has 1 nitrogen and oxygen atoms in total. The minimum Gasteiger partial charge on any atom is -0.384 e. The molecule has 0 heterocycles. The van der Waals surface area contributed by atoms with Crippen LogP contribution >= 0.6 is 23.4 Å². The van der Waals surface area contributed by atoms with Gasteiger partial charge in [0.25, 0.3) is 0 Å². The van der Waals surface area contributed by atoms with Gasteiger partial charge in [-0.25, -0.2) is 0 Å². The first-order valence-corrected chi connectivity index (χ1v) is 5.42. The SMILES string of the molecule is OC1(/C(Cl)=C\SC(F)(F)F)CCCC1. The van der Waals surface area contributed by atoms with E-state index in [0.29, 0.717) is 12.8 Å². The maximum atomic E-state index is 11.8. The average molecular weight is 247 g/mol. The van der Waals surface area contributed by atoms with Crippen molar-refractivity contribution >= 4 is 23.4 Å². The van der Waals surface area contributed by atoms with Crippen LogP contribution in [0.25, 0.3) is 0 Å². The van der Waals surface area contributed by atoms with E-state index in [9.17, 15) is 18.3 Å². The lowest BCUT2D eigenvalue weighted by Crippen LogP contribution is -2.24. The zero-order valence-corrected chi connectivity index (χ0v) is 8.85. The number of hydrogen-bond donors (Lipinski definition) is 1. The van der Waals surface area contributed by atoms with E-state index >= 15 is 0 Å². The minimum atomic E-state index is -4.34. The molecule has 14 heavy (non-hydrogen) atoms. The average Bonchev–Trinajstić information content (AvgIpc) is 2.48. The summed E-state index contributed by atoms with van der Waals surface area (Å²) in [5.74, 6) is 0. The highest BCUT2D eigenvalue weighted by atomic mass is 35.5. The molecule has 0 atom stereocenters. The lowest BCUT2D eigenvalue weighted by Gasteiger charge is -2.21. The fourth-order valence-electron chi connectivity index (χ4n) is 1.43. The molecule has 1 fully saturated rings. The lowest BCUT2D eigenvalue weighted by molar-refractivity contribution is -0.0320. The molecule has 0 spiro atoms. The van der Waals surface area contributed by atoms with Gasteiger partial charge in [0.2, 0.25) is 0 Å². The summed E-state index contributed by atoms with van der Waals surface area (Å²) in [6.45, 7) is 0. The first kappa shape index (κ1) is 12.2. The fraction of sp³-hybridized carbons (Fsp3) is 0.750. The predicted octanol–water partition coefficient (Wildman–Crippen LogP) is 3.62. The van der Waals surface area contributed by atoms with Crippen LogP contribution in [0, 0.1) is 0 Å². The van der Waals surface area contributed by atoms with Gasteiger partial charge in [0.15, 0.2) is 0 Å². The molecule has 0 aromatic carbocycles. The van der Waals surface area contributed by atoms with Gasteiger partial charge in [-0.3, -0.25) is 0 Å². The topological polar surface area (TPSA) is 20.2 Å². The molecule has 0 aromatic rings. The second-order valence-electron chi connectivity index (χ2n) is 3.27. The monoisotopic (exact) mass is 246 g/mol. The molecular formula is C8H10ClF3OS. The second-order valence-corrected chi connectivity index (χ2v) is 4.61. The van der Waals surface area contributed by atoms with Gasteiger partial charge >= 0.3 is 5.51 Å². The molecule has 1 aliphatic carbocycles.